The van der Waals surface area contributed by atoms with Crippen LogP contribution in [0.15, 0.2) is 54.1 Å². The molecule has 0 saturated heterocycles. The van der Waals surface area contributed by atoms with Crippen molar-refractivity contribution >= 4 is 28.3 Å². The van der Waals surface area contributed by atoms with Gasteiger partial charge in [-0.2, -0.15) is 0 Å². The minimum Gasteiger partial charge on any atom is -0.378 e. The van der Waals surface area contributed by atoms with Crippen LogP contribution < -0.4 is 10.6 Å². The molecule has 0 aromatic heterocycles. The summed E-state index contributed by atoms with van der Waals surface area (Å²) in [6.07, 6.45) is 0.919. The van der Waals surface area contributed by atoms with Crippen LogP contribution in [0.3, 0.4) is 0 Å². The highest BCUT2D eigenvalue weighted by molar-refractivity contribution is 8.08. The van der Waals surface area contributed by atoms with Crippen molar-refractivity contribution in [2.24, 2.45) is 11.7 Å². The Morgan fingerprint density at radius 1 is 1.12 bits per heavy atom. The van der Waals surface area contributed by atoms with Gasteiger partial charge in [-0.1, -0.05) is 36.4 Å². The monoisotopic (exact) mass is 350 g/mol. The van der Waals surface area contributed by atoms with Gasteiger partial charge < -0.3 is 10.6 Å². The van der Waals surface area contributed by atoms with E-state index >= 15 is 0 Å². The Morgan fingerprint density at radius 3 is 2.52 bits per heavy atom. The number of hydrogen-bond acceptors (Lipinski definition) is 3. The molecule has 1 aliphatic carbocycles. The Morgan fingerprint density at radius 2 is 1.84 bits per heavy atom. The average molecular weight is 350 g/mol. The van der Waals surface area contributed by atoms with E-state index in [1.54, 1.807) is 11.8 Å². The Balaban J connectivity index is 1.79. The molecule has 2 unspecified atom stereocenters. The highest BCUT2D eigenvalue weighted by atomic mass is 32.2. The van der Waals surface area contributed by atoms with Crippen molar-refractivity contribution in [2.75, 3.05) is 24.7 Å². The fraction of sp³-hybridized carbons (Fsp3) is 0.286. The van der Waals surface area contributed by atoms with Crippen LogP contribution in [0.4, 0.5) is 5.69 Å². The molecule has 2 aromatic rings. The molecule has 0 radical (unpaired) electrons. The van der Waals surface area contributed by atoms with Crippen LogP contribution in [0.5, 0.6) is 0 Å². The van der Waals surface area contributed by atoms with Crippen LogP contribution in [0.1, 0.15) is 22.6 Å². The van der Waals surface area contributed by atoms with Gasteiger partial charge in [0.1, 0.15) is 0 Å². The van der Waals surface area contributed by atoms with Crippen LogP contribution in [-0.2, 0) is 11.2 Å². The largest absolute Gasteiger partial charge is 0.378 e. The topological polar surface area (TPSA) is 46.3 Å². The second kappa shape index (κ2) is 6.26. The molecule has 3 nitrogen and oxygen atoms in total. The second-order valence-corrected chi connectivity index (χ2v) is 8.00. The van der Waals surface area contributed by atoms with Crippen molar-refractivity contribution in [3.05, 3.63) is 70.8 Å². The van der Waals surface area contributed by atoms with Gasteiger partial charge in [-0.3, -0.25) is 4.79 Å². The molecular weight excluding hydrogens is 328 g/mol. The fourth-order valence-electron chi connectivity index (χ4n) is 3.95. The van der Waals surface area contributed by atoms with E-state index in [1.165, 1.54) is 27.2 Å². The van der Waals surface area contributed by atoms with E-state index < -0.39 is 0 Å². The molecule has 1 aliphatic heterocycles. The summed E-state index contributed by atoms with van der Waals surface area (Å²) in [5.74, 6) is 0.486. The number of thioether (sulfide) groups is 1. The van der Waals surface area contributed by atoms with Crippen molar-refractivity contribution in [2.45, 2.75) is 12.3 Å². The number of carbonyl (C=O) groups is 1. The number of fused-ring (bicyclic) bond motifs is 2. The first-order valence-electron chi connectivity index (χ1n) is 8.57. The summed E-state index contributed by atoms with van der Waals surface area (Å²) in [6, 6.07) is 17.1. The molecule has 4 heteroatoms. The van der Waals surface area contributed by atoms with Crippen molar-refractivity contribution in [1.82, 2.24) is 0 Å². The minimum absolute atomic E-state index is 0.0809. The molecule has 1 amide bonds. The van der Waals surface area contributed by atoms with Crippen molar-refractivity contribution in [1.29, 1.82) is 0 Å². The molecule has 0 spiro atoms. The number of hydrogen-bond donors (Lipinski definition) is 1. The van der Waals surface area contributed by atoms with Crippen LogP contribution >= 0.6 is 11.8 Å². The molecule has 0 saturated carbocycles. The maximum Gasteiger partial charge on any atom is 0.222 e. The number of carbonyl (C=O) groups excluding carboxylic acids is 1. The van der Waals surface area contributed by atoms with Gasteiger partial charge in [0, 0.05) is 36.4 Å². The van der Waals surface area contributed by atoms with Crippen LogP contribution in [-0.4, -0.2) is 25.8 Å². The molecule has 2 N–H and O–H groups in total. The average Bonchev–Trinajstić information content (AvgIpc) is 2.99. The van der Waals surface area contributed by atoms with Crippen LogP contribution in [0, 0.1) is 5.92 Å². The molecule has 4 rings (SSSR count). The zero-order valence-electron chi connectivity index (χ0n) is 14.5. The third kappa shape index (κ3) is 2.74. The van der Waals surface area contributed by atoms with Gasteiger partial charge in [0.2, 0.25) is 5.91 Å². The lowest BCUT2D eigenvalue weighted by molar-refractivity contribution is -0.121. The Kier molecular flexibility index (Phi) is 4.08. The Bertz CT molecular complexity index is 854. The van der Waals surface area contributed by atoms with E-state index in [0.29, 0.717) is 0 Å². The standard InChI is InChI=1S/C21H22N2OS/c1-23(2)15-9-7-13(8-10-15)19-17-11-14-5-3-4-6-16(14)20(17)25-12-18(19)21(22)24/h3-10,18-19H,11-12H2,1-2H3,(H2,22,24). The predicted octanol–water partition coefficient (Wildman–Crippen LogP) is 3.65. The first-order valence-corrected chi connectivity index (χ1v) is 9.55. The van der Waals surface area contributed by atoms with Gasteiger partial charge in [0.05, 0.1) is 5.92 Å². The van der Waals surface area contributed by atoms with E-state index in [0.717, 1.165) is 17.9 Å². The SMILES string of the molecule is CN(C)c1ccc(C2C3=C(SCC2C(N)=O)c2ccccc2C3)cc1. The lowest BCUT2D eigenvalue weighted by Crippen LogP contribution is -2.33. The number of rotatable bonds is 3. The Hall–Kier alpha value is -2.20. The maximum absolute atomic E-state index is 12.2. The van der Waals surface area contributed by atoms with Crippen LogP contribution in [0.2, 0.25) is 0 Å². The number of nitrogens with two attached hydrogens (primary N) is 1. The molecular formula is C21H22N2OS. The molecule has 0 fully saturated rings. The normalized spacial score (nSPS) is 21.7. The van der Waals surface area contributed by atoms with E-state index in [4.69, 9.17) is 5.73 Å². The van der Waals surface area contributed by atoms with Gasteiger partial charge >= 0.3 is 0 Å². The number of benzene rings is 2. The van der Waals surface area contributed by atoms with Gasteiger partial charge in [-0.25, -0.2) is 0 Å². The summed E-state index contributed by atoms with van der Waals surface area (Å²) in [4.78, 5) is 15.6. The number of anilines is 1. The summed E-state index contributed by atoms with van der Waals surface area (Å²) >= 11 is 1.79. The number of primary amides is 1. The molecule has 1 heterocycles. The van der Waals surface area contributed by atoms with E-state index in [2.05, 4.69) is 53.4 Å². The lowest BCUT2D eigenvalue weighted by Gasteiger charge is -2.32. The van der Waals surface area contributed by atoms with Crippen molar-refractivity contribution in [3.63, 3.8) is 0 Å². The van der Waals surface area contributed by atoms with Crippen molar-refractivity contribution in [3.8, 4) is 0 Å². The quantitative estimate of drug-likeness (QED) is 0.919. The summed E-state index contributed by atoms with van der Waals surface area (Å²) in [5, 5.41) is 0. The Labute approximate surface area is 152 Å². The molecule has 2 aromatic carbocycles. The molecule has 128 valence electrons. The van der Waals surface area contributed by atoms with Gasteiger partial charge in [0.15, 0.2) is 0 Å². The smallest absolute Gasteiger partial charge is 0.222 e. The molecule has 2 aliphatic rings. The summed E-state index contributed by atoms with van der Waals surface area (Å²) < 4.78 is 0. The fourth-order valence-corrected chi connectivity index (χ4v) is 5.39. The highest BCUT2D eigenvalue weighted by Crippen LogP contribution is 2.52. The second-order valence-electron chi connectivity index (χ2n) is 6.97. The summed E-state index contributed by atoms with van der Waals surface area (Å²) in [7, 11) is 4.07. The third-order valence-corrected chi connectivity index (χ3v) is 6.55. The van der Waals surface area contributed by atoms with Crippen molar-refractivity contribution < 1.29 is 4.79 Å². The molecule has 0 bridgehead atoms. The summed E-state index contributed by atoms with van der Waals surface area (Å²) in [5.41, 5.74) is 12.2. The van der Waals surface area contributed by atoms with E-state index in [9.17, 15) is 4.79 Å². The first kappa shape index (κ1) is 16.3. The predicted molar refractivity (Wildman–Crippen MR) is 106 cm³/mol. The minimum atomic E-state index is -0.198. The lowest BCUT2D eigenvalue weighted by atomic mass is 9.79. The molecule has 2 atom stereocenters. The highest BCUT2D eigenvalue weighted by Gasteiger charge is 2.39. The third-order valence-electron chi connectivity index (χ3n) is 5.25. The number of amides is 1. The zero-order valence-corrected chi connectivity index (χ0v) is 15.3. The molecule has 25 heavy (non-hydrogen) atoms. The van der Waals surface area contributed by atoms with E-state index in [1.807, 2.05) is 14.1 Å². The summed E-state index contributed by atoms with van der Waals surface area (Å²) in [6.45, 7) is 0. The van der Waals surface area contributed by atoms with Crippen LogP contribution in [0.25, 0.3) is 4.91 Å². The first-order chi connectivity index (χ1) is 12.1. The van der Waals surface area contributed by atoms with Gasteiger partial charge in [-0.05, 0) is 40.8 Å². The van der Waals surface area contributed by atoms with E-state index in [-0.39, 0.29) is 17.7 Å². The zero-order chi connectivity index (χ0) is 17.6. The number of nitrogens with zero attached hydrogens (tertiary/aromatic N) is 1. The maximum atomic E-state index is 12.2. The number of allylic oxidation sites excluding steroid dienone is 1. The van der Waals surface area contributed by atoms with Gasteiger partial charge in [0.25, 0.3) is 0 Å². The van der Waals surface area contributed by atoms with Gasteiger partial charge in [-0.15, -0.1) is 11.8 Å².